The van der Waals surface area contributed by atoms with Gasteiger partial charge in [-0.2, -0.15) is 0 Å². The second-order valence-corrected chi connectivity index (χ2v) is 6.72. The molecule has 21 heavy (non-hydrogen) atoms. The maximum absolute atomic E-state index is 12.2. The van der Waals surface area contributed by atoms with E-state index in [0.29, 0.717) is 25.5 Å². The molecule has 0 bridgehead atoms. The van der Waals surface area contributed by atoms with Crippen LogP contribution < -0.4 is 14.8 Å². The van der Waals surface area contributed by atoms with Crippen LogP contribution in [0.2, 0.25) is 0 Å². The average Bonchev–Trinajstić information content (AvgIpc) is 3.00. The van der Waals surface area contributed by atoms with E-state index in [-0.39, 0.29) is 10.9 Å². The minimum Gasteiger partial charge on any atom is -0.491 e. The van der Waals surface area contributed by atoms with Crippen molar-refractivity contribution >= 4 is 10.0 Å². The first kappa shape index (κ1) is 16.2. The van der Waals surface area contributed by atoms with Gasteiger partial charge < -0.3 is 14.8 Å². The van der Waals surface area contributed by atoms with Gasteiger partial charge in [0.1, 0.15) is 12.4 Å². The summed E-state index contributed by atoms with van der Waals surface area (Å²) in [5.41, 5.74) is 0. The highest BCUT2D eigenvalue weighted by Crippen LogP contribution is 2.16. The molecule has 6 nitrogen and oxygen atoms in total. The van der Waals surface area contributed by atoms with Gasteiger partial charge in [-0.05, 0) is 43.7 Å². The molecule has 1 aliphatic heterocycles. The Morgan fingerprint density at radius 1 is 1.29 bits per heavy atom. The predicted molar refractivity (Wildman–Crippen MR) is 80.0 cm³/mol. The molecule has 0 spiro atoms. The molecule has 0 aliphatic carbocycles. The number of benzene rings is 1. The maximum atomic E-state index is 12.2. The van der Waals surface area contributed by atoms with Crippen LogP contribution in [-0.2, 0) is 14.8 Å². The molecule has 0 aromatic heterocycles. The lowest BCUT2D eigenvalue weighted by Gasteiger charge is -2.12. The van der Waals surface area contributed by atoms with E-state index in [2.05, 4.69) is 10.0 Å². The smallest absolute Gasteiger partial charge is 0.240 e. The summed E-state index contributed by atoms with van der Waals surface area (Å²) >= 11 is 0. The largest absolute Gasteiger partial charge is 0.491 e. The molecule has 0 radical (unpaired) electrons. The molecule has 1 heterocycles. The number of hydrogen-bond donors (Lipinski definition) is 2. The summed E-state index contributed by atoms with van der Waals surface area (Å²) in [6.45, 7) is 2.32. The molecule has 2 rings (SSSR count). The molecule has 0 amide bonds. The molecule has 118 valence electrons. The van der Waals surface area contributed by atoms with E-state index in [9.17, 15) is 8.42 Å². The zero-order valence-corrected chi connectivity index (χ0v) is 13.0. The van der Waals surface area contributed by atoms with E-state index in [1.54, 1.807) is 31.4 Å². The number of ether oxygens (including phenoxy) is 2. The van der Waals surface area contributed by atoms with Crippen molar-refractivity contribution < 1.29 is 17.9 Å². The first-order valence-corrected chi connectivity index (χ1v) is 8.55. The van der Waals surface area contributed by atoms with Crippen LogP contribution in [0.5, 0.6) is 5.75 Å². The van der Waals surface area contributed by atoms with Gasteiger partial charge in [0.25, 0.3) is 0 Å². The third-order valence-electron chi connectivity index (χ3n) is 3.37. The number of hydrogen-bond acceptors (Lipinski definition) is 5. The molecule has 2 N–H and O–H groups in total. The predicted octanol–water partition coefficient (Wildman–Crippen LogP) is 0.742. The molecule has 1 atom stereocenters. The monoisotopic (exact) mass is 314 g/mol. The van der Waals surface area contributed by atoms with Gasteiger partial charge in [-0.15, -0.1) is 0 Å². The molecular formula is C14H22N2O4S. The quantitative estimate of drug-likeness (QED) is 0.692. The van der Waals surface area contributed by atoms with Crippen molar-refractivity contribution in [3.63, 3.8) is 0 Å². The Bertz CT molecular complexity index is 524. The van der Waals surface area contributed by atoms with Crippen LogP contribution in [0.1, 0.15) is 12.8 Å². The molecule has 1 aliphatic rings. The molecule has 0 saturated carbocycles. The van der Waals surface area contributed by atoms with E-state index in [4.69, 9.17) is 9.47 Å². The third kappa shape index (κ3) is 4.96. The summed E-state index contributed by atoms with van der Waals surface area (Å²) < 4.78 is 37.3. The molecular weight excluding hydrogens is 292 g/mol. The summed E-state index contributed by atoms with van der Waals surface area (Å²) in [7, 11) is -1.86. The summed E-state index contributed by atoms with van der Waals surface area (Å²) in [6.07, 6.45) is 2.11. The summed E-state index contributed by atoms with van der Waals surface area (Å²) in [5.74, 6) is 0.628. The fourth-order valence-electron chi connectivity index (χ4n) is 2.18. The summed E-state index contributed by atoms with van der Waals surface area (Å²) in [5, 5.41) is 3.26. The number of nitrogens with one attached hydrogen (secondary N) is 2. The SMILES string of the molecule is COCCOc1ccc(S(=O)(=O)NCC2CCCN2)cc1. The van der Waals surface area contributed by atoms with Crippen LogP contribution in [-0.4, -0.2) is 47.9 Å². The Labute approximate surface area is 125 Å². The van der Waals surface area contributed by atoms with Crippen molar-refractivity contribution in [3.8, 4) is 5.75 Å². The van der Waals surface area contributed by atoms with Gasteiger partial charge in [0.05, 0.1) is 11.5 Å². The number of methoxy groups -OCH3 is 1. The highest BCUT2D eigenvalue weighted by atomic mass is 32.2. The van der Waals surface area contributed by atoms with Crippen LogP contribution in [0.25, 0.3) is 0 Å². The highest BCUT2D eigenvalue weighted by Gasteiger charge is 2.19. The molecule has 1 aromatic carbocycles. The lowest BCUT2D eigenvalue weighted by Crippen LogP contribution is -2.37. The Morgan fingerprint density at radius 3 is 2.67 bits per heavy atom. The zero-order chi connectivity index (χ0) is 15.1. The summed E-state index contributed by atoms with van der Waals surface area (Å²) in [6, 6.07) is 6.63. The lowest BCUT2D eigenvalue weighted by molar-refractivity contribution is 0.146. The molecule has 1 unspecified atom stereocenters. The standard InChI is InChI=1S/C14H22N2O4S/c1-19-9-10-20-13-4-6-14(7-5-13)21(17,18)16-11-12-3-2-8-15-12/h4-7,12,15-16H,2-3,8-11H2,1H3. The highest BCUT2D eigenvalue weighted by molar-refractivity contribution is 7.89. The minimum atomic E-state index is -3.46. The maximum Gasteiger partial charge on any atom is 0.240 e. The molecule has 7 heteroatoms. The third-order valence-corrected chi connectivity index (χ3v) is 4.81. The first-order valence-electron chi connectivity index (χ1n) is 7.06. The van der Waals surface area contributed by atoms with Gasteiger partial charge in [-0.1, -0.05) is 0 Å². The van der Waals surface area contributed by atoms with Crippen molar-refractivity contribution in [2.24, 2.45) is 0 Å². The van der Waals surface area contributed by atoms with Gasteiger partial charge in [0.2, 0.25) is 10.0 Å². The zero-order valence-electron chi connectivity index (χ0n) is 12.2. The molecule has 1 aromatic rings. The van der Waals surface area contributed by atoms with E-state index >= 15 is 0 Å². The van der Waals surface area contributed by atoms with Crippen LogP contribution in [0, 0.1) is 0 Å². The van der Waals surface area contributed by atoms with Crippen molar-refractivity contribution in [1.82, 2.24) is 10.0 Å². The normalized spacial score (nSPS) is 18.8. The van der Waals surface area contributed by atoms with E-state index in [0.717, 1.165) is 19.4 Å². The van der Waals surface area contributed by atoms with E-state index < -0.39 is 10.0 Å². The topological polar surface area (TPSA) is 76.7 Å². The van der Waals surface area contributed by atoms with Crippen LogP contribution in [0.15, 0.2) is 29.2 Å². The van der Waals surface area contributed by atoms with Crippen molar-refractivity contribution in [2.45, 2.75) is 23.8 Å². The van der Waals surface area contributed by atoms with Crippen LogP contribution in [0.4, 0.5) is 0 Å². The minimum absolute atomic E-state index is 0.233. The Hall–Kier alpha value is -1.15. The number of sulfonamides is 1. The summed E-state index contributed by atoms with van der Waals surface area (Å²) in [4.78, 5) is 0.250. The molecule has 1 saturated heterocycles. The Balaban J connectivity index is 1.89. The first-order chi connectivity index (χ1) is 10.1. The van der Waals surface area contributed by atoms with Crippen molar-refractivity contribution in [1.29, 1.82) is 0 Å². The second-order valence-electron chi connectivity index (χ2n) is 4.96. The van der Waals surface area contributed by atoms with Gasteiger partial charge in [0, 0.05) is 19.7 Å². The average molecular weight is 314 g/mol. The van der Waals surface area contributed by atoms with E-state index in [1.165, 1.54) is 0 Å². The van der Waals surface area contributed by atoms with E-state index in [1.807, 2.05) is 0 Å². The second kappa shape index (κ2) is 7.74. The number of rotatable bonds is 8. The van der Waals surface area contributed by atoms with Crippen molar-refractivity contribution in [3.05, 3.63) is 24.3 Å². The van der Waals surface area contributed by atoms with Crippen molar-refractivity contribution in [2.75, 3.05) is 33.4 Å². The fourth-order valence-corrected chi connectivity index (χ4v) is 3.26. The Morgan fingerprint density at radius 2 is 2.05 bits per heavy atom. The lowest BCUT2D eigenvalue weighted by atomic mass is 10.2. The van der Waals surface area contributed by atoms with Crippen LogP contribution >= 0.6 is 0 Å². The van der Waals surface area contributed by atoms with Crippen LogP contribution in [0.3, 0.4) is 0 Å². The van der Waals surface area contributed by atoms with Gasteiger partial charge in [-0.25, -0.2) is 13.1 Å². The van der Waals surface area contributed by atoms with Gasteiger partial charge >= 0.3 is 0 Å². The fraction of sp³-hybridized carbons (Fsp3) is 0.571. The molecule has 1 fully saturated rings. The van der Waals surface area contributed by atoms with Gasteiger partial charge in [-0.3, -0.25) is 0 Å². The van der Waals surface area contributed by atoms with Gasteiger partial charge in [0.15, 0.2) is 0 Å². The Kier molecular flexibility index (Phi) is 5.98.